The van der Waals surface area contributed by atoms with Crippen LogP contribution in [0, 0.1) is 6.92 Å². The maximum absolute atomic E-state index is 9.37. The van der Waals surface area contributed by atoms with Gasteiger partial charge in [0.05, 0.1) is 12.0 Å². The Morgan fingerprint density at radius 1 is 1.12 bits per heavy atom. The Hall–Kier alpha value is -1.54. The number of hydrogen-bond acceptors (Lipinski definition) is 2. The Labute approximate surface area is 101 Å². The number of aliphatic hydroxyl groups excluding tert-OH is 1. The molecule has 0 spiro atoms. The van der Waals surface area contributed by atoms with Crippen molar-refractivity contribution in [2.75, 3.05) is 6.61 Å². The van der Waals surface area contributed by atoms with Gasteiger partial charge in [-0.05, 0) is 31.9 Å². The maximum Gasteiger partial charge on any atom is 0.134 e. The highest BCUT2D eigenvalue weighted by Gasteiger charge is 2.46. The van der Waals surface area contributed by atoms with Crippen LogP contribution in [-0.4, -0.2) is 11.7 Å². The molecule has 3 rings (SSSR count). The van der Waals surface area contributed by atoms with Crippen molar-refractivity contribution in [3.63, 3.8) is 0 Å². The third kappa shape index (κ3) is 1.79. The Balaban J connectivity index is 1.92. The normalized spacial score (nSPS) is 17.1. The fourth-order valence-electron chi connectivity index (χ4n) is 2.13. The molecule has 1 N–H and O–H groups in total. The highest BCUT2D eigenvalue weighted by atomic mass is 16.3. The molecule has 0 aliphatic heterocycles. The highest BCUT2D eigenvalue weighted by molar-refractivity contribution is 5.58. The van der Waals surface area contributed by atoms with Crippen LogP contribution in [0.15, 0.2) is 40.8 Å². The average molecular weight is 228 g/mol. The second-order valence-corrected chi connectivity index (χ2v) is 4.97. The first-order chi connectivity index (χ1) is 8.23. The van der Waals surface area contributed by atoms with Crippen molar-refractivity contribution in [3.05, 3.63) is 47.7 Å². The minimum Gasteiger partial charge on any atom is -0.460 e. The molecule has 1 aromatic carbocycles. The zero-order valence-corrected chi connectivity index (χ0v) is 9.94. The average Bonchev–Trinajstić information content (AvgIpc) is 3.00. The third-order valence-electron chi connectivity index (χ3n) is 3.62. The van der Waals surface area contributed by atoms with Gasteiger partial charge in [-0.1, -0.05) is 29.8 Å². The van der Waals surface area contributed by atoms with Gasteiger partial charge in [0, 0.05) is 5.56 Å². The van der Waals surface area contributed by atoms with E-state index in [4.69, 9.17) is 4.42 Å². The molecule has 1 saturated carbocycles. The highest BCUT2D eigenvalue weighted by Crippen LogP contribution is 2.48. The molecule has 1 aliphatic carbocycles. The van der Waals surface area contributed by atoms with Crippen LogP contribution in [0.25, 0.3) is 11.3 Å². The Bertz CT molecular complexity index is 518. The molecule has 88 valence electrons. The topological polar surface area (TPSA) is 33.4 Å². The lowest BCUT2D eigenvalue weighted by Gasteiger charge is -2.07. The van der Waals surface area contributed by atoms with Crippen LogP contribution in [0.3, 0.4) is 0 Å². The van der Waals surface area contributed by atoms with Crippen molar-refractivity contribution in [2.45, 2.75) is 25.2 Å². The van der Waals surface area contributed by atoms with Gasteiger partial charge in [-0.15, -0.1) is 0 Å². The van der Waals surface area contributed by atoms with Crippen molar-refractivity contribution >= 4 is 0 Å². The van der Waals surface area contributed by atoms with Gasteiger partial charge in [0.2, 0.25) is 0 Å². The predicted octanol–water partition coefficient (Wildman–Crippen LogP) is 3.28. The molecular weight excluding hydrogens is 212 g/mol. The second kappa shape index (κ2) is 3.74. The minimum atomic E-state index is -0.0804. The summed E-state index contributed by atoms with van der Waals surface area (Å²) < 4.78 is 5.87. The molecule has 0 amide bonds. The molecule has 1 heterocycles. The summed E-state index contributed by atoms with van der Waals surface area (Å²) in [6.45, 7) is 2.26. The summed E-state index contributed by atoms with van der Waals surface area (Å²) in [4.78, 5) is 0. The van der Waals surface area contributed by atoms with Gasteiger partial charge in [0.1, 0.15) is 11.5 Å². The lowest BCUT2D eigenvalue weighted by Crippen LogP contribution is -2.10. The van der Waals surface area contributed by atoms with Gasteiger partial charge in [-0.25, -0.2) is 0 Å². The van der Waals surface area contributed by atoms with Crippen LogP contribution in [0.4, 0.5) is 0 Å². The summed E-state index contributed by atoms with van der Waals surface area (Å²) in [7, 11) is 0. The van der Waals surface area contributed by atoms with Gasteiger partial charge < -0.3 is 9.52 Å². The molecule has 1 fully saturated rings. The number of aryl methyl sites for hydroxylation is 1. The van der Waals surface area contributed by atoms with Gasteiger partial charge in [0.25, 0.3) is 0 Å². The Morgan fingerprint density at radius 3 is 2.41 bits per heavy atom. The van der Waals surface area contributed by atoms with E-state index in [0.29, 0.717) is 0 Å². The van der Waals surface area contributed by atoms with E-state index >= 15 is 0 Å². The van der Waals surface area contributed by atoms with Gasteiger partial charge in [-0.2, -0.15) is 0 Å². The molecule has 0 bridgehead atoms. The number of hydrogen-bond donors (Lipinski definition) is 1. The molecule has 2 aromatic rings. The van der Waals surface area contributed by atoms with Crippen LogP contribution < -0.4 is 0 Å². The van der Waals surface area contributed by atoms with Crippen LogP contribution in [0.5, 0.6) is 0 Å². The molecule has 0 unspecified atom stereocenters. The van der Waals surface area contributed by atoms with E-state index in [0.717, 1.165) is 29.9 Å². The number of rotatable bonds is 3. The first-order valence-electron chi connectivity index (χ1n) is 6.02. The first-order valence-corrected chi connectivity index (χ1v) is 6.02. The molecule has 0 saturated heterocycles. The van der Waals surface area contributed by atoms with E-state index in [9.17, 15) is 5.11 Å². The summed E-state index contributed by atoms with van der Waals surface area (Å²) >= 11 is 0. The molecule has 2 nitrogen and oxygen atoms in total. The Kier molecular flexibility index (Phi) is 2.33. The van der Waals surface area contributed by atoms with Gasteiger partial charge >= 0.3 is 0 Å². The summed E-state index contributed by atoms with van der Waals surface area (Å²) in [6.07, 6.45) is 2.06. The van der Waals surface area contributed by atoms with Gasteiger partial charge in [-0.3, -0.25) is 0 Å². The lowest BCUT2D eigenvalue weighted by molar-refractivity contribution is 0.238. The van der Waals surface area contributed by atoms with Crippen molar-refractivity contribution in [1.29, 1.82) is 0 Å². The van der Waals surface area contributed by atoms with E-state index < -0.39 is 0 Å². The maximum atomic E-state index is 9.37. The Morgan fingerprint density at radius 2 is 1.82 bits per heavy atom. The fraction of sp³-hybridized carbons (Fsp3) is 0.333. The lowest BCUT2D eigenvalue weighted by atomic mass is 10.1. The van der Waals surface area contributed by atoms with Crippen molar-refractivity contribution in [2.24, 2.45) is 0 Å². The SMILES string of the molecule is Cc1ccc(-c2ccc(C3(CO)CC3)o2)cc1. The third-order valence-corrected chi connectivity index (χ3v) is 3.62. The van der Waals surface area contributed by atoms with E-state index in [-0.39, 0.29) is 12.0 Å². The molecule has 1 aromatic heterocycles. The minimum absolute atomic E-state index is 0.0804. The molecule has 0 radical (unpaired) electrons. The second-order valence-electron chi connectivity index (χ2n) is 4.97. The molecular formula is C15H16O2. The van der Waals surface area contributed by atoms with Crippen LogP contribution >= 0.6 is 0 Å². The predicted molar refractivity (Wildman–Crippen MR) is 66.9 cm³/mol. The largest absolute Gasteiger partial charge is 0.460 e. The summed E-state index contributed by atoms with van der Waals surface area (Å²) in [6, 6.07) is 12.3. The smallest absolute Gasteiger partial charge is 0.134 e. The molecule has 17 heavy (non-hydrogen) atoms. The van der Waals surface area contributed by atoms with Crippen molar-refractivity contribution in [3.8, 4) is 11.3 Å². The standard InChI is InChI=1S/C15H16O2/c1-11-2-4-12(5-3-11)13-6-7-14(17-13)15(10-16)8-9-15/h2-7,16H,8-10H2,1H3. The molecule has 2 heteroatoms. The zero-order valence-electron chi connectivity index (χ0n) is 9.94. The monoisotopic (exact) mass is 228 g/mol. The zero-order chi connectivity index (χ0) is 11.9. The first kappa shape index (κ1) is 10.6. The quantitative estimate of drug-likeness (QED) is 0.874. The van der Waals surface area contributed by atoms with Crippen LogP contribution in [0.2, 0.25) is 0 Å². The van der Waals surface area contributed by atoms with E-state index in [2.05, 4.69) is 31.2 Å². The van der Waals surface area contributed by atoms with Crippen molar-refractivity contribution in [1.82, 2.24) is 0 Å². The number of benzene rings is 1. The van der Waals surface area contributed by atoms with Crippen molar-refractivity contribution < 1.29 is 9.52 Å². The van der Waals surface area contributed by atoms with Crippen LogP contribution in [0.1, 0.15) is 24.2 Å². The summed E-state index contributed by atoms with van der Waals surface area (Å²) in [5, 5.41) is 9.37. The molecule has 1 aliphatic rings. The van der Waals surface area contributed by atoms with E-state index in [1.54, 1.807) is 0 Å². The number of furan rings is 1. The number of aliphatic hydroxyl groups is 1. The summed E-state index contributed by atoms with van der Waals surface area (Å²) in [5.74, 6) is 1.82. The van der Waals surface area contributed by atoms with Gasteiger partial charge in [0.15, 0.2) is 0 Å². The van der Waals surface area contributed by atoms with Crippen LogP contribution in [-0.2, 0) is 5.41 Å². The van der Waals surface area contributed by atoms with E-state index in [1.165, 1.54) is 5.56 Å². The van der Waals surface area contributed by atoms with E-state index in [1.807, 2.05) is 12.1 Å². The molecule has 0 atom stereocenters. The summed E-state index contributed by atoms with van der Waals surface area (Å²) in [5.41, 5.74) is 2.26. The fourth-order valence-corrected chi connectivity index (χ4v) is 2.13.